The molecule has 1 heterocycles. The molecule has 0 saturated carbocycles. The minimum absolute atomic E-state index is 0.345. The summed E-state index contributed by atoms with van der Waals surface area (Å²) in [5.41, 5.74) is -0.345. The fourth-order valence-corrected chi connectivity index (χ4v) is 1.14. The molecule has 0 bridgehead atoms. The Kier molecular flexibility index (Phi) is 1.96. The molecule has 9 heavy (non-hydrogen) atoms. The van der Waals surface area contributed by atoms with Gasteiger partial charge in [-0.05, 0) is 32.0 Å². The van der Waals surface area contributed by atoms with Crippen LogP contribution < -0.4 is 0 Å². The number of hydrogen-bond acceptors (Lipinski definition) is 3. The van der Waals surface area contributed by atoms with Crippen molar-refractivity contribution < 1.29 is 4.74 Å². The maximum absolute atomic E-state index is 5.28. The molecule has 2 nitrogen and oxygen atoms in total. The van der Waals surface area contributed by atoms with Crippen molar-refractivity contribution in [1.29, 1.82) is 0 Å². The molecular formula is C6H9NOS. The number of hydrogen-bond donors (Lipinski definition) is 0. The van der Waals surface area contributed by atoms with Crippen LogP contribution in [0.2, 0.25) is 0 Å². The highest BCUT2D eigenvalue weighted by Gasteiger charge is 2.28. The fourth-order valence-electron chi connectivity index (χ4n) is 0.949. The van der Waals surface area contributed by atoms with Crippen molar-refractivity contribution in [2.75, 3.05) is 6.61 Å². The lowest BCUT2D eigenvalue weighted by Crippen LogP contribution is -2.18. The Labute approximate surface area is 59.9 Å². The third-order valence-electron chi connectivity index (χ3n) is 1.48. The van der Waals surface area contributed by atoms with Gasteiger partial charge in [0.25, 0.3) is 0 Å². The highest BCUT2D eigenvalue weighted by Crippen LogP contribution is 2.25. The van der Waals surface area contributed by atoms with Gasteiger partial charge in [-0.3, -0.25) is 0 Å². The van der Waals surface area contributed by atoms with Crippen LogP contribution in [-0.4, -0.2) is 17.5 Å². The molecule has 1 unspecified atom stereocenters. The molecule has 0 aromatic heterocycles. The average Bonchev–Trinajstić information content (AvgIpc) is 2.16. The Bertz CT molecular complexity index is 145. The topological polar surface area (TPSA) is 21.6 Å². The zero-order chi connectivity index (χ0) is 6.74. The summed E-state index contributed by atoms with van der Waals surface area (Å²) in [5, 5.41) is 2.33. The lowest BCUT2D eigenvalue weighted by molar-refractivity contribution is 0.0290. The summed E-state index contributed by atoms with van der Waals surface area (Å²) in [6.45, 7) is 2.73. The van der Waals surface area contributed by atoms with Gasteiger partial charge in [0.1, 0.15) is 0 Å². The predicted octanol–water partition coefficient (Wildman–Crippen LogP) is 1.62. The summed E-state index contributed by atoms with van der Waals surface area (Å²) < 4.78 is 5.28. The molecule has 1 atom stereocenters. The van der Waals surface area contributed by atoms with Crippen LogP contribution in [0.3, 0.4) is 0 Å². The summed E-state index contributed by atoms with van der Waals surface area (Å²) >= 11 is 4.46. The van der Waals surface area contributed by atoms with Crippen LogP contribution in [-0.2, 0) is 4.74 Å². The average molecular weight is 143 g/mol. The first-order valence-corrected chi connectivity index (χ1v) is 3.41. The molecule has 0 spiro atoms. The van der Waals surface area contributed by atoms with Gasteiger partial charge in [0, 0.05) is 6.61 Å². The van der Waals surface area contributed by atoms with Gasteiger partial charge in [0.2, 0.25) is 0 Å². The molecule has 0 radical (unpaired) electrons. The molecule has 1 aliphatic heterocycles. The second-order valence-corrected chi connectivity index (χ2v) is 2.51. The SMILES string of the molecule is CC1(N=C=S)CCCO1. The van der Waals surface area contributed by atoms with Crippen LogP contribution in [0.25, 0.3) is 0 Å². The van der Waals surface area contributed by atoms with Crippen molar-refractivity contribution in [2.24, 2.45) is 4.99 Å². The minimum atomic E-state index is -0.345. The van der Waals surface area contributed by atoms with E-state index in [0.717, 1.165) is 19.4 Å². The first kappa shape index (κ1) is 6.87. The molecule has 50 valence electrons. The van der Waals surface area contributed by atoms with E-state index in [1.54, 1.807) is 0 Å². The quantitative estimate of drug-likeness (QED) is 0.411. The van der Waals surface area contributed by atoms with Gasteiger partial charge < -0.3 is 4.74 Å². The zero-order valence-corrected chi connectivity index (χ0v) is 6.20. The molecule has 0 amide bonds. The van der Waals surface area contributed by atoms with Gasteiger partial charge in [-0.1, -0.05) is 0 Å². The van der Waals surface area contributed by atoms with E-state index in [-0.39, 0.29) is 5.72 Å². The van der Waals surface area contributed by atoms with E-state index in [1.807, 2.05) is 6.92 Å². The third kappa shape index (κ3) is 1.58. The van der Waals surface area contributed by atoms with Crippen molar-refractivity contribution in [1.82, 2.24) is 0 Å². The van der Waals surface area contributed by atoms with E-state index in [0.29, 0.717) is 0 Å². The summed E-state index contributed by atoms with van der Waals surface area (Å²) in [6.07, 6.45) is 2.05. The number of nitrogens with zero attached hydrogens (tertiary/aromatic N) is 1. The van der Waals surface area contributed by atoms with E-state index in [4.69, 9.17) is 4.74 Å². The number of isothiocyanates is 1. The predicted molar refractivity (Wildman–Crippen MR) is 38.6 cm³/mol. The summed E-state index contributed by atoms with van der Waals surface area (Å²) in [4.78, 5) is 3.90. The van der Waals surface area contributed by atoms with Crippen molar-refractivity contribution in [3.63, 3.8) is 0 Å². The maximum Gasteiger partial charge on any atom is 0.165 e. The second-order valence-electron chi connectivity index (χ2n) is 2.33. The Morgan fingerprint density at radius 2 is 2.56 bits per heavy atom. The first-order chi connectivity index (χ1) is 4.27. The van der Waals surface area contributed by atoms with E-state index in [9.17, 15) is 0 Å². The number of thiocarbonyl (C=S) groups is 1. The Hall–Kier alpha value is -0.240. The third-order valence-corrected chi connectivity index (χ3v) is 1.57. The van der Waals surface area contributed by atoms with Gasteiger partial charge >= 0.3 is 0 Å². The van der Waals surface area contributed by atoms with Gasteiger partial charge in [0.15, 0.2) is 5.72 Å². The van der Waals surface area contributed by atoms with Gasteiger partial charge in [-0.15, -0.1) is 0 Å². The Morgan fingerprint density at radius 3 is 3.00 bits per heavy atom. The zero-order valence-electron chi connectivity index (χ0n) is 5.39. The van der Waals surface area contributed by atoms with Crippen LogP contribution in [0.4, 0.5) is 0 Å². The van der Waals surface area contributed by atoms with Gasteiger partial charge in [-0.25, -0.2) is 0 Å². The van der Waals surface area contributed by atoms with Gasteiger partial charge in [0.05, 0.1) is 5.16 Å². The minimum Gasteiger partial charge on any atom is -0.353 e. The summed E-state index contributed by atoms with van der Waals surface area (Å²) in [6, 6.07) is 0. The molecule has 1 rings (SSSR count). The lowest BCUT2D eigenvalue weighted by Gasteiger charge is -2.14. The van der Waals surface area contributed by atoms with Crippen LogP contribution in [0.1, 0.15) is 19.8 Å². The summed E-state index contributed by atoms with van der Waals surface area (Å²) in [7, 11) is 0. The Morgan fingerprint density at radius 1 is 1.78 bits per heavy atom. The highest BCUT2D eigenvalue weighted by molar-refractivity contribution is 7.78. The van der Waals surface area contributed by atoms with Gasteiger partial charge in [-0.2, -0.15) is 4.99 Å². The molecule has 0 N–H and O–H groups in total. The van der Waals surface area contributed by atoms with Crippen LogP contribution in [0, 0.1) is 0 Å². The monoisotopic (exact) mass is 143 g/mol. The van der Waals surface area contributed by atoms with Crippen LogP contribution in [0.15, 0.2) is 4.99 Å². The number of rotatable bonds is 1. The lowest BCUT2D eigenvalue weighted by atomic mass is 10.2. The largest absolute Gasteiger partial charge is 0.353 e. The molecule has 0 aromatic rings. The van der Waals surface area contributed by atoms with Crippen molar-refractivity contribution in [3.8, 4) is 0 Å². The highest BCUT2D eigenvalue weighted by atomic mass is 32.1. The molecule has 0 aliphatic carbocycles. The molecule has 1 aliphatic rings. The van der Waals surface area contributed by atoms with Crippen molar-refractivity contribution in [3.05, 3.63) is 0 Å². The van der Waals surface area contributed by atoms with Crippen LogP contribution >= 0.6 is 12.2 Å². The summed E-state index contributed by atoms with van der Waals surface area (Å²) in [5.74, 6) is 0. The molecule has 0 aromatic carbocycles. The molecular weight excluding hydrogens is 134 g/mol. The molecule has 1 fully saturated rings. The Balaban J connectivity index is 2.61. The fraction of sp³-hybridized carbons (Fsp3) is 0.833. The van der Waals surface area contributed by atoms with Crippen molar-refractivity contribution in [2.45, 2.75) is 25.5 Å². The molecule has 1 saturated heterocycles. The van der Waals surface area contributed by atoms with E-state index in [2.05, 4.69) is 22.4 Å². The number of aliphatic imine (C=N–C) groups is 1. The second kappa shape index (κ2) is 2.56. The first-order valence-electron chi connectivity index (χ1n) is 3.00. The standard InChI is InChI=1S/C6H9NOS/c1-6(7-5-9)3-2-4-8-6/h2-4H2,1H3. The normalized spacial score (nSPS) is 33.9. The van der Waals surface area contributed by atoms with E-state index in [1.165, 1.54) is 0 Å². The van der Waals surface area contributed by atoms with Crippen molar-refractivity contribution >= 4 is 17.4 Å². The van der Waals surface area contributed by atoms with Crippen LogP contribution in [0.5, 0.6) is 0 Å². The van der Waals surface area contributed by atoms with E-state index < -0.39 is 0 Å². The number of ether oxygens (including phenoxy) is 1. The molecule has 3 heteroatoms. The maximum atomic E-state index is 5.28. The smallest absolute Gasteiger partial charge is 0.165 e. The van der Waals surface area contributed by atoms with E-state index >= 15 is 0 Å².